The number of rotatable bonds is 8. The third-order valence-electron chi connectivity index (χ3n) is 4.34. The molecule has 0 aliphatic carbocycles. The highest BCUT2D eigenvalue weighted by atomic mass is 19.1. The fourth-order valence-electron chi connectivity index (χ4n) is 2.83. The van der Waals surface area contributed by atoms with E-state index >= 15 is 0 Å². The Morgan fingerprint density at radius 1 is 1.31 bits per heavy atom. The Bertz CT molecular complexity index is 799. The molecule has 1 amide bonds. The molecule has 2 N–H and O–H groups in total. The summed E-state index contributed by atoms with van der Waals surface area (Å²) in [7, 11) is 1.21. The maximum Gasteiger partial charge on any atom is 0.354 e. The lowest BCUT2D eigenvalue weighted by atomic mass is 10.2. The van der Waals surface area contributed by atoms with Crippen LogP contribution in [0.2, 0.25) is 0 Å². The highest BCUT2D eigenvalue weighted by Gasteiger charge is 2.21. The van der Waals surface area contributed by atoms with Gasteiger partial charge in [0.05, 0.1) is 12.6 Å². The average Bonchev–Trinajstić information content (AvgIpc) is 3.00. The normalized spacial score (nSPS) is 11.1. The van der Waals surface area contributed by atoms with Gasteiger partial charge in [-0.2, -0.15) is 0 Å². The molecule has 1 aromatic carbocycles. The summed E-state index contributed by atoms with van der Waals surface area (Å²) < 4.78 is 20.2. The second kappa shape index (κ2) is 8.66. The smallest absolute Gasteiger partial charge is 0.354 e. The number of halogens is 1. The Kier molecular flexibility index (Phi) is 6.57. The van der Waals surface area contributed by atoms with E-state index < -0.39 is 17.5 Å². The predicted octanol–water partition coefficient (Wildman–Crippen LogP) is 1.73. The number of phenolic OH excluding ortho intramolecular Hbond substituents is 1. The van der Waals surface area contributed by atoms with Crippen molar-refractivity contribution in [3.63, 3.8) is 0 Å². The number of hydrogen-bond donors (Lipinski definition) is 2. The fraction of sp³-hybridized carbons (Fsp3) is 0.444. The number of nitrogens with zero attached hydrogens (tertiary/aromatic N) is 2. The van der Waals surface area contributed by atoms with E-state index in [1.165, 1.54) is 29.9 Å². The summed E-state index contributed by atoms with van der Waals surface area (Å²) in [6.45, 7) is 6.91. The summed E-state index contributed by atoms with van der Waals surface area (Å²) >= 11 is 0. The highest BCUT2D eigenvalue weighted by molar-refractivity contribution is 5.97. The molecule has 0 aliphatic rings. The van der Waals surface area contributed by atoms with Crippen LogP contribution in [0.4, 0.5) is 4.39 Å². The van der Waals surface area contributed by atoms with Crippen molar-refractivity contribution in [1.82, 2.24) is 14.8 Å². The van der Waals surface area contributed by atoms with Crippen molar-refractivity contribution in [3.05, 3.63) is 29.7 Å². The van der Waals surface area contributed by atoms with Gasteiger partial charge >= 0.3 is 5.97 Å². The number of benzene rings is 1. The van der Waals surface area contributed by atoms with Crippen LogP contribution in [0, 0.1) is 5.82 Å². The number of carbonyl (C=O) groups excluding carboxylic acids is 2. The zero-order chi connectivity index (χ0) is 19.3. The lowest BCUT2D eigenvalue weighted by molar-refractivity contribution is -0.121. The van der Waals surface area contributed by atoms with E-state index in [2.05, 4.69) is 10.2 Å². The first-order valence-corrected chi connectivity index (χ1v) is 8.50. The number of methoxy groups -OCH3 is 1. The Hall–Kier alpha value is -2.61. The molecule has 0 aliphatic heterocycles. The first-order valence-electron chi connectivity index (χ1n) is 8.50. The lowest BCUT2D eigenvalue weighted by Crippen LogP contribution is -2.36. The van der Waals surface area contributed by atoms with Gasteiger partial charge in [0.15, 0.2) is 11.6 Å². The summed E-state index contributed by atoms with van der Waals surface area (Å²) in [5.41, 5.74) is 0.380. The molecular formula is C18H24FN3O4. The number of aromatic nitrogens is 1. The van der Waals surface area contributed by atoms with Gasteiger partial charge in [-0.05, 0) is 31.3 Å². The number of nitrogens with one attached hydrogen (secondary N) is 1. The first kappa shape index (κ1) is 19.7. The van der Waals surface area contributed by atoms with E-state index in [9.17, 15) is 19.1 Å². The van der Waals surface area contributed by atoms with Gasteiger partial charge in [0.1, 0.15) is 12.2 Å². The summed E-state index contributed by atoms with van der Waals surface area (Å²) in [6, 6.07) is 3.93. The number of aromatic hydroxyl groups is 1. The molecule has 0 atom stereocenters. The lowest BCUT2D eigenvalue weighted by Gasteiger charge is -2.18. The fourth-order valence-corrected chi connectivity index (χ4v) is 2.83. The Balaban J connectivity index is 2.23. The van der Waals surface area contributed by atoms with E-state index in [-0.39, 0.29) is 23.5 Å². The van der Waals surface area contributed by atoms with Gasteiger partial charge < -0.3 is 24.6 Å². The van der Waals surface area contributed by atoms with E-state index in [1.54, 1.807) is 0 Å². The maximum atomic E-state index is 14.1. The first-order chi connectivity index (χ1) is 12.4. The van der Waals surface area contributed by atoms with Gasteiger partial charge in [-0.1, -0.05) is 13.8 Å². The van der Waals surface area contributed by atoms with E-state index in [4.69, 9.17) is 4.74 Å². The quantitative estimate of drug-likeness (QED) is 0.696. The van der Waals surface area contributed by atoms with Gasteiger partial charge in [-0.25, -0.2) is 9.18 Å². The monoisotopic (exact) mass is 365 g/mol. The number of esters is 1. The van der Waals surface area contributed by atoms with Crippen LogP contribution in [0.1, 0.15) is 24.3 Å². The Morgan fingerprint density at radius 2 is 2.00 bits per heavy atom. The molecule has 7 nitrogen and oxygen atoms in total. The molecule has 0 saturated carbocycles. The minimum atomic E-state index is -0.839. The topological polar surface area (TPSA) is 83.8 Å². The molecule has 0 fully saturated rings. The number of fused-ring (bicyclic) bond motifs is 1. The predicted molar refractivity (Wildman–Crippen MR) is 95.7 cm³/mol. The van der Waals surface area contributed by atoms with Gasteiger partial charge in [-0.3, -0.25) is 4.79 Å². The average molecular weight is 365 g/mol. The van der Waals surface area contributed by atoms with Gasteiger partial charge in [0.25, 0.3) is 0 Å². The Morgan fingerprint density at radius 3 is 2.62 bits per heavy atom. The van der Waals surface area contributed by atoms with Crippen molar-refractivity contribution >= 4 is 22.8 Å². The number of likely N-dealkylation sites (N-methyl/N-ethyl adjacent to an activating group) is 1. The van der Waals surface area contributed by atoms with Crippen LogP contribution in [0.3, 0.4) is 0 Å². The zero-order valence-electron chi connectivity index (χ0n) is 15.2. The molecule has 8 heteroatoms. The molecular weight excluding hydrogens is 341 g/mol. The van der Waals surface area contributed by atoms with Crippen molar-refractivity contribution < 1.29 is 23.8 Å². The van der Waals surface area contributed by atoms with Crippen molar-refractivity contribution in [3.8, 4) is 5.75 Å². The van der Waals surface area contributed by atoms with Crippen LogP contribution in [-0.4, -0.2) is 59.7 Å². The van der Waals surface area contributed by atoms with Crippen LogP contribution in [0.5, 0.6) is 5.75 Å². The minimum absolute atomic E-state index is 0.0471. The SMILES string of the molecule is CCN(CC)CCNC(=O)Cn1c(C(=O)OC)cc2c(F)c(O)ccc21. The maximum absolute atomic E-state index is 14.1. The molecule has 1 aromatic heterocycles. The van der Waals surface area contributed by atoms with E-state index in [0.29, 0.717) is 12.1 Å². The van der Waals surface area contributed by atoms with Gasteiger partial charge in [-0.15, -0.1) is 0 Å². The van der Waals surface area contributed by atoms with Gasteiger partial charge in [0.2, 0.25) is 5.91 Å². The molecule has 0 radical (unpaired) electrons. The molecule has 2 aromatic rings. The highest BCUT2D eigenvalue weighted by Crippen LogP contribution is 2.28. The van der Waals surface area contributed by atoms with Crippen LogP contribution >= 0.6 is 0 Å². The molecule has 0 unspecified atom stereocenters. The summed E-state index contributed by atoms with van der Waals surface area (Å²) in [5, 5.41) is 12.4. The van der Waals surface area contributed by atoms with Crippen LogP contribution in [0.25, 0.3) is 10.9 Å². The zero-order valence-corrected chi connectivity index (χ0v) is 15.2. The van der Waals surface area contributed by atoms with Crippen molar-refractivity contribution in [1.29, 1.82) is 0 Å². The van der Waals surface area contributed by atoms with Crippen molar-refractivity contribution in [2.45, 2.75) is 20.4 Å². The second-order valence-electron chi connectivity index (χ2n) is 5.82. The molecule has 142 valence electrons. The molecule has 1 heterocycles. The third kappa shape index (κ3) is 4.13. The van der Waals surface area contributed by atoms with E-state index in [1.807, 2.05) is 13.8 Å². The second-order valence-corrected chi connectivity index (χ2v) is 5.82. The summed E-state index contributed by atoms with van der Waals surface area (Å²) in [4.78, 5) is 26.4. The summed E-state index contributed by atoms with van der Waals surface area (Å²) in [6.07, 6.45) is 0. The standard InChI is InChI=1S/C18H24FN3O4/c1-4-21(5-2)9-8-20-16(24)11-22-13-6-7-15(23)17(19)12(13)10-14(22)18(25)26-3/h6-7,10,23H,4-5,8-9,11H2,1-3H3,(H,20,24). The number of ether oxygens (including phenoxy) is 1. The number of hydrogen-bond acceptors (Lipinski definition) is 5. The molecule has 0 bridgehead atoms. The largest absolute Gasteiger partial charge is 0.505 e. The minimum Gasteiger partial charge on any atom is -0.505 e. The van der Waals surface area contributed by atoms with Crippen molar-refractivity contribution in [2.75, 3.05) is 33.3 Å². The Labute approximate surface area is 151 Å². The number of carbonyl (C=O) groups is 2. The van der Waals surface area contributed by atoms with Crippen LogP contribution in [0.15, 0.2) is 18.2 Å². The van der Waals surface area contributed by atoms with Gasteiger partial charge in [0, 0.05) is 18.5 Å². The molecule has 2 rings (SSSR count). The number of amides is 1. The third-order valence-corrected chi connectivity index (χ3v) is 4.34. The van der Waals surface area contributed by atoms with Crippen molar-refractivity contribution in [2.24, 2.45) is 0 Å². The number of phenols is 1. The van der Waals surface area contributed by atoms with Crippen LogP contribution < -0.4 is 5.32 Å². The van der Waals surface area contributed by atoms with Crippen LogP contribution in [-0.2, 0) is 16.1 Å². The molecule has 0 saturated heterocycles. The summed E-state index contributed by atoms with van der Waals surface area (Å²) in [5.74, 6) is -2.34. The molecule has 0 spiro atoms. The van der Waals surface area contributed by atoms with E-state index in [0.717, 1.165) is 19.6 Å². The molecule has 26 heavy (non-hydrogen) atoms.